The predicted octanol–water partition coefficient (Wildman–Crippen LogP) is 4.00. The van der Waals surface area contributed by atoms with Crippen LogP contribution in [0, 0.1) is 0 Å². The summed E-state index contributed by atoms with van der Waals surface area (Å²) >= 11 is 0. The quantitative estimate of drug-likeness (QED) is 0.724. The molecule has 0 aliphatic rings. The van der Waals surface area contributed by atoms with Crippen LogP contribution in [0.4, 0.5) is 13.2 Å². The molecule has 0 aromatic carbocycles. The molecule has 9 heteroatoms. The van der Waals surface area contributed by atoms with Gasteiger partial charge in [-0.3, -0.25) is 5.10 Å². The second-order valence-corrected chi connectivity index (χ2v) is 7.01. The van der Waals surface area contributed by atoms with Gasteiger partial charge in [-0.1, -0.05) is 0 Å². The van der Waals surface area contributed by atoms with Gasteiger partial charge in [-0.25, -0.2) is 9.97 Å². The number of H-pyrrole nitrogens is 1. The van der Waals surface area contributed by atoms with Crippen molar-refractivity contribution in [3.05, 3.63) is 36.0 Å². The van der Waals surface area contributed by atoms with E-state index in [-0.39, 0.29) is 30.8 Å². The largest absolute Gasteiger partial charge is 0.476 e. The first-order chi connectivity index (χ1) is 12.6. The van der Waals surface area contributed by atoms with Gasteiger partial charge in [0.25, 0.3) is 0 Å². The lowest BCUT2D eigenvalue weighted by Gasteiger charge is -2.32. The number of alkyl halides is 3. The van der Waals surface area contributed by atoms with E-state index in [4.69, 9.17) is 4.74 Å². The average molecular weight is 381 g/mol. The first kappa shape index (κ1) is 19.1. The highest BCUT2D eigenvalue weighted by molar-refractivity contribution is 5.90. The fraction of sp³-hybridized carbons (Fsp3) is 0.389. The summed E-state index contributed by atoms with van der Waals surface area (Å²) in [7, 11) is 3.80. The number of hydrogen-bond donors (Lipinski definition) is 1. The molecule has 0 atom stereocenters. The summed E-state index contributed by atoms with van der Waals surface area (Å²) in [5, 5.41) is 7.05. The zero-order valence-corrected chi connectivity index (χ0v) is 15.4. The van der Waals surface area contributed by atoms with Crippen molar-refractivity contribution < 1.29 is 19.3 Å². The maximum absolute atomic E-state index is 13.5. The average Bonchev–Trinajstić information content (AvgIpc) is 3.03. The van der Waals surface area contributed by atoms with Crippen LogP contribution in [0.2, 0.25) is 0 Å². The van der Waals surface area contributed by atoms with Crippen LogP contribution in [-0.4, -0.2) is 51.3 Å². The van der Waals surface area contributed by atoms with Crippen LogP contribution in [0.15, 0.2) is 30.5 Å². The second kappa shape index (κ2) is 6.80. The van der Waals surface area contributed by atoms with Gasteiger partial charge in [-0.15, -0.1) is 0 Å². The number of pyridine rings is 2. The van der Waals surface area contributed by atoms with E-state index < -0.39 is 11.7 Å². The second-order valence-electron chi connectivity index (χ2n) is 7.01. The van der Waals surface area contributed by atoms with Crippen molar-refractivity contribution >= 4 is 11.0 Å². The molecule has 0 saturated carbocycles. The summed E-state index contributed by atoms with van der Waals surface area (Å²) in [6.07, 6.45) is -3.04. The van der Waals surface area contributed by atoms with E-state index in [1.54, 1.807) is 12.1 Å². The Balaban J connectivity index is 0.00000280. The minimum Gasteiger partial charge on any atom is -0.476 e. The first-order valence-electron chi connectivity index (χ1n) is 8.27. The molecule has 0 bridgehead atoms. The number of aromatic amines is 1. The molecule has 3 heterocycles. The molecular formula is C18H22F3N5O. The third-order valence-electron chi connectivity index (χ3n) is 4.53. The number of fused-ring (bicyclic) bond motifs is 1. The lowest BCUT2D eigenvalue weighted by Crippen LogP contribution is -2.43. The third kappa shape index (κ3) is 3.87. The molecule has 0 amide bonds. The molecule has 1 N–H and O–H groups in total. The minimum absolute atomic E-state index is 0. The highest BCUT2D eigenvalue weighted by atomic mass is 19.4. The summed E-state index contributed by atoms with van der Waals surface area (Å²) in [5.41, 5.74) is -0.964. The van der Waals surface area contributed by atoms with Crippen LogP contribution in [-0.2, 0) is 6.18 Å². The van der Waals surface area contributed by atoms with Gasteiger partial charge < -0.3 is 9.64 Å². The zero-order valence-electron chi connectivity index (χ0n) is 15.4. The number of ether oxygens (including phenoxy) is 1. The lowest BCUT2D eigenvalue weighted by molar-refractivity contribution is -0.137. The molecule has 146 valence electrons. The van der Waals surface area contributed by atoms with Crippen molar-refractivity contribution in [2.24, 2.45) is 0 Å². The van der Waals surface area contributed by atoms with Crippen LogP contribution in [0.25, 0.3) is 22.4 Å². The molecule has 3 aromatic heterocycles. The Hall–Kier alpha value is -2.68. The number of rotatable bonds is 5. The Morgan fingerprint density at radius 2 is 1.93 bits per heavy atom. The van der Waals surface area contributed by atoms with Crippen LogP contribution >= 0.6 is 0 Å². The molecule has 27 heavy (non-hydrogen) atoms. The van der Waals surface area contributed by atoms with Crippen molar-refractivity contribution in [3.8, 4) is 17.3 Å². The van der Waals surface area contributed by atoms with Crippen molar-refractivity contribution in [3.63, 3.8) is 0 Å². The summed E-state index contributed by atoms with van der Waals surface area (Å²) in [6, 6.07) is 5.48. The SMILES string of the molecule is CN(C)C(C)(C)COc1ccc(C(F)(F)F)c(-c2[nH]nc3ncccc23)n1.[HH]. The van der Waals surface area contributed by atoms with Gasteiger partial charge in [0.05, 0.1) is 11.3 Å². The van der Waals surface area contributed by atoms with Crippen LogP contribution in [0.3, 0.4) is 0 Å². The Kier molecular flexibility index (Phi) is 4.81. The summed E-state index contributed by atoms with van der Waals surface area (Å²) in [4.78, 5) is 10.1. The standard InChI is InChI=1S/C18H20F3N5O.H2/c1-17(2,26(3)4)10-27-13-8-7-12(18(19,20)21)15(23-13)14-11-6-5-9-22-16(11)25-24-14;/h5-9H,10H2,1-4H3,(H,22,24,25);1H. The van der Waals surface area contributed by atoms with E-state index in [1.807, 2.05) is 32.8 Å². The monoisotopic (exact) mass is 381 g/mol. The van der Waals surface area contributed by atoms with Crippen molar-refractivity contribution in [2.75, 3.05) is 20.7 Å². The number of aromatic nitrogens is 4. The third-order valence-corrected chi connectivity index (χ3v) is 4.53. The van der Waals surface area contributed by atoms with Crippen LogP contribution in [0.5, 0.6) is 5.88 Å². The topological polar surface area (TPSA) is 66.9 Å². The fourth-order valence-corrected chi connectivity index (χ4v) is 2.35. The molecule has 0 aliphatic carbocycles. The van der Waals surface area contributed by atoms with Crippen molar-refractivity contribution in [1.29, 1.82) is 0 Å². The molecule has 3 rings (SSSR count). The Morgan fingerprint density at radius 1 is 1.19 bits per heavy atom. The van der Waals surface area contributed by atoms with Crippen LogP contribution < -0.4 is 4.74 Å². The van der Waals surface area contributed by atoms with E-state index in [0.717, 1.165) is 6.07 Å². The van der Waals surface area contributed by atoms with E-state index >= 15 is 0 Å². The summed E-state index contributed by atoms with van der Waals surface area (Å²) in [5.74, 6) is 0.111. The normalized spacial score (nSPS) is 12.7. The number of hydrogen-bond acceptors (Lipinski definition) is 5. The number of nitrogens with one attached hydrogen (secondary N) is 1. The first-order valence-corrected chi connectivity index (χ1v) is 8.27. The summed E-state index contributed by atoms with van der Waals surface area (Å²) in [6.45, 7) is 4.20. The van der Waals surface area contributed by atoms with Crippen LogP contribution in [0.1, 0.15) is 20.8 Å². The molecule has 0 unspecified atom stereocenters. The highest BCUT2D eigenvalue weighted by Crippen LogP contribution is 2.38. The van der Waals surface area contributed by atoms with E-state index in [0.29, 0.717) is 11.0 Å². The van der Waals surface area contributed by atoms with E-state index in [2.05, 4.69) is 20.2 Å². The van der Waals surface area contributed by atoms with Crippen molar-refractivity contribution in [1.82, 2.24) is 25.1 Å². The number of halogens is 3. The summed E-state index contributed by atoms with van der Waals surface area (Å²) < 4.78 is 46.2. The van der Waals surface area contributed by atoms with Gasteiger partial charge in [0, 0.05) is 24.6 Å². The van der Waals surface area contributed by atoms with Gasteiger partial charge in [-0.05, 0) is 46.1 Å². The molecule has 0 radical (unpaired) electrons. The van der Waals surface area contributed by atoms with E-state index in [1.165, 1.54) is 12.3 Å². The highest BCUT2D eigenvalue weighted by Gasteiger charge is 2.36. The maximum atomic E-state index is 13.5. The molecular weight excluding hydrogens is 359 g/mol. The Morgan fingerprint density at radius 3 is 2.59 bits per heavy atom. The molecule has 0 spiro atoms. The number of likely N-dealkylation sites (N-methyl/N-ethyl adjacent to an activating group) is 1. The van der Waals surface area contributed by atoms with Crippen molar-refractivity contribution in [2.45, 2.75) is 25.6 Å². The molecule has 3 aromatic rings. The fourth-order valence-electron chi connectivity index (χ4n) is 2.35. The van der Waals surface area contributed by atoms with Gasteiger partial charge in [-0.2, -0.15) is 18.3 Å². The van der Waals surface area contributed by atoms with Gasteiger partial charge in [0.1, 0.15) is 12.3 Å². The minimum atomic E-state index is -4.57. The molecule has 0 aliphatic heterocycles. The molecule has 0 saturated heterocycles. The van der Waals surface area contributed by atoms with Gasteiger partial charge >= 0.3 is 6.18 Å². The maximum Gasteiger partial charge on any atom is 0.418 e. The molecule has 0 fully saturated rings. The van der Waals surface area contributed by atoms with Gasteiger partial charge in [0.2, 0.25) is 5.88 Å². The number of nitrogens with zero attached hydrogens (tertiary/aromatic N) is 4. The van der Waals surface area contributed by atoms with E-state index in [9.17, 15) is 13.2 Å². The zero-order chi connectivity index (χ0) is 19.8. The van der Waals surface area contributed by atoms with Gasteiger partial charge in [0.15, 0.2) is 5.65 Å². The lowest BCUT2D eigenvalue weighted by atomic mass is 10.1. The predicted molar refractivity (Wildman–Crippen MR) is 97.5 cm³/mol. The smallest absolute Gasteiger partial charge is 0.418 e. The molecule has 6 nitrogen and oxygen atoms in total. The Labute approximate surface area is 155 Å². The Bertz CT molecular complexity index is 956.